The molecule has 3 nitrogen and oxygen atoms in total. The van der Waals surface area contributed by atoms with Gasteiger partial charge in [0.25, 0.3) is 5.91 Å². The van der Waals surface area contributed by atoms with Crippen molar-refractivity contribution >= 4 is 5.91 Å². The second kappa shape index (κ2) is 5.75. The Bertz CT molecular complexity index is 399. The maximum atomic E-state index is 11.9. The summed E-state index contributed by atoms with van der Waals surface area (Å²) in [6, 6.07) is 5.93. The van der Waals surface area contributed by atoms with Gasteiger partial charge in [0.2, 0.25) is 0 Å². The molecule has 0 aliphatic rings. The largest absolute Gasteiger partial charge is 0.491 e. The molecule has 0 bridgehead atoms. The molecule has 0 unspecified atom stereocenters. The lowest BCUT2D eigenvalue weighted by Gasteiger charge is -2.11. The molecule has 6 heteroatoms. The molecule has 0 aromatic heterocycles. The van der Waals surface area contributed by atoms with Crippen LogP contribution in [0.2, 0.25) is 0 Å². The lowest BCUT2D eigenvalue weighted by Crippen LogP contribution is -2.33. The predicted octanol–water partition coefficient (Wildman–Crippen LogP) is 2.77. The van der Waals surface area contributed by atoms with Crippen molar-refractivity contribution in [2.24, 2.45) is 0 Å². The first-order valence-electron chi connectivity index (χ1n) is 5.39. The van der Waals surface area contributed by atoms with Crippen LogP contribution in [0.15, 0.2) is 24.3 Å². The van der Waals surface area contributed by atoms with Crippen LogP contribution in [0.25, 0.3) is 0 Å². The predicted molar refractivity (Wildman–Crippen MR) is 60.6 cm³/mol. The van der Waals surface area contributed by atoms with Crippen LogP contribution < -0.4 is 10.1 Å². The Labute approximate surface area is 103 Å². The van der Waals surface area contributed by atoms with Crippen molar-refractivity contribution in [2.45, 2.75) is 26.1 Å². The number of ether oxygens (including phenoxy) is 1. The number of benzene rings is 1. The molecule has 0 atom stereocenters. The molecule has 1 amide bonds. The fourth-order valence-corrected chi connectivity index (χ4v) is 1.24. The summed E-state index contributed by atoms with van der Waals surface area (Å²) in [6.07, 6.45) is -4.41. The molecular weight excluding hydrogens is 247 g/mol. The van der Waals surface area contributed by atoms with Crippen LogP contribution in [0.1, 0.15) is 24.2 Å². The summed E-state index contributed by atoms with van der Waals surface area (Å²) in [5.41, 5.74) is 0.162. The first-order valence-corrected chi connectivity index (χ1v) is 5.39. The van der Waals surface area contributed by atoms with Crippen molar-refractivity contribution < 1.29 is 22.7 Å². The maximum absolute atomic E-state index is 11.9. The summed E-state index contributed by atoms with van der Waals surface area (Å²) in [6.45, 7) is 2.37. The van der Waals surface area contributed by atoms with Crippen LogP contribution in [-0.2, 0) is 0 Å². The van der Waals surface area contributed by atoms with Gasteiger partial charge in [-0.3, -0.25) is 4.79 Å². The number of nitrogens with one attached hydrogen (secondary N) is 1. The van der Waals surface area contributed by atoms with Crippen LogP contribution in [0.4, 0.5) is 13.2 Å². The van der Waals surface area contributed by atoms with Crippen molar-refractivity contribution in [3.63, 3.8) is 0 Å². The van der Waals surface area contributed by atoms with Gasteiger partial charge in [0.05, 0.1) is 6.10 Å². The number of carbonyl (C=O) groups excluding carboxylic acids is 1. The highest BCUT2D eigenvalue weighted by atomic mass is 19.4. The number of hydrogen-bond acceptors (Lipinski definition) is 2. The van der Waals surface area contributed by atoms with Crippen LogP contribution in [0.3, 0.4) is 0 Å². The summed E-state index contributed by atoms with van der Waals surface area (Å²) >= 11 is 0. The summed E-state index contributed by atoms with van der Waals surface area (Å²) in [5, 5.41) is 1.79. The van der Waals surface area contributed by atoms with Crippen molar-refractivity contribution in [1.82, 2.24) is 5.32 Å². The molecule has 100 valence electrons. The average Bonchev–Trinajstić information content (AvgIpc) is 2.25. The van der Waals surface area contributed by atoms with Crippen molar-refractivity contribution in [3.05, 3.63) is 29.8 Å². The van der Waals surface area contributed by atoms with E-state index in [9.17, 15) is 18.0 Å². The Hall–Kier alpha value is -1.72. The van der Waals surface area contributed by atoms with E-state index in [1.807, 2.05) is 13.8 Å². The summed E-state index contributed by atoms with van der Waals surface area (Å²) in [4.78, 5) is 11.4. The molecule has 0 spiro atoms. The first-order chi connectivity index (χ1) is 8.28. The highest BCUT2D eigenvalue weighted by Crippen LogP contribution is 2.15. The lowest BCUT2D eigenvalue weighted by molar-refractivity contribution is -0.123. The summed E-state index contributed by atoms with van der Waals surface area (Å²) in [7, 11) is 0. The number of amides is 1. The molecular formula is C12H14F3NO2. The number of rotatable bonds is 4. The molecule has 0 saturated heterocycles. The maximum Gasteiger partial charge on any atom is 0.405 e. The van der Waals surface area contributed by atoms with Gasteiger partial charge in [-0.05, 0) is 38.1 Å². The Morgan fingerprint density at radius 2 is 1.83 bits per heavy atom. The third kappa shape index (κ3) is 5.07. The molecule has 0 heterocycles. The first kappa shape index (κ1) is 14.3. The van der Waals surface area contributed by atoms with Gasteiger partial charge >= 0.3 is 6.18 Å². The molecule has 0 saturated carbocycles. The Balaban J connectivity index is 2.59. The van der Waals surface area contributed by atoms with E-state index in [0.29, 0.717) is 5.75 Å². The molecule has 1 aromatic carbocycles. The molecule has 1 rings (SSSR count). The van der Waals surface area contributed by atoms with Gasteiger partial charge in [0, 0.05) is 5.56 Å². The van der Waals surface area contributed by atoms with Gasteiger partial charge in [-0.25, -0.2) is 0 Å². The van der Waals surface area contributed by atoms with E-state index in [1.165, 1.54) is 12.1 Å². The second-order valence-corrected chi connectivity index (χ2v) is 3.99. The van der Waals surface area contributed by atoms with Crippen molar-refractivity contribution in [1.29, 1.82) is 0 Å². The smallest absolute Gasteiger partial charge is 0.405 e. The molecule has 0 aliphatic carbocycles. The number of alkyl halides is 3. The van der Waals surface area contributed by atoms with Gasteiger partial charge in [-0.15, -0.1) is 0 Å². The monoisotopic (exact) mass is 261 g/mol. The molecule has 18 heavy (non-hydrogen) atoms. The molecule has 0 radical (unpaired) electrons. The van der Waals surface area contributed by atoms with Crippen LogP contribution >= 0.6 is 0 Å². The quantitative estimate of drug-likeness (QED) is 0.905. The zero-order valence-corrected chi connectivity index (χ0v) is 10.0. The van der Waals surface area contributed by atoms with E-state index in [0.717, 1.165) is 0 Å². The van der Waals surface area contributed by atoms with E-state index in [2.05, 4.69) is 0 Å². The molecule has 1 aromatic rings. The fraction of sp³-hybridized carbons (Fsp3) is 0.417. The minimum absolute atomic E-state index is 0.00472. The molecule has 0 aliphatic heterocycles. The Kier molecular flexibility index (Phi) is 4.58. The number of carbonyl (C=O) groups is 1. The third-order valence-corrected chi connectivity index (χ3v) is 1.94. The van der Waals surface area contributed by atoms with Gasteiger partial charge in [0.15, 0.2) is 0 Å². The van der Waals surface area contributed by atoms with E-state index >= 15 is 0 Å². The van der Waals surface area contributed by atoms with Gasteiger partial charge < -0.3 is 10.1 Å². The minimum Gasteiger partial charge on any atom is -0.491 e. The highest BCUT2D eigenvalue weighted by molar-refractivity contribution is 5.94. The lowest BCUT2D eigenvalue weighted by atomic mass is 10.2. The van der Waals surface area contributed by atoms with Gasteiger partial charge in [0.1, 0.15) is 12.3 Å². The third-order valence-electron chi connectivity index (χ3n) is 1.94. The average molecular weight is 261 g/mol. The molecule has 0 fully saturated rings. The van der Waals surface area contributed by atoms with Crippen molar-refractivity contribution in [2.75, 3.05) is 6.54 Å². The Morgan fingerprint density at radius 3 is 2.28 bits per heavy atom. The summed E-state index contributed by atoms with van der Waals surface area (Å²) < 4.78 is 41.1. The van der Waals surface area contributed by atoms with E-state index in [-0.39, 0.29) is 11.7 Å². The van der Waals surface area contributed by atoms with E-state index < -0.39 is 18.6 Å². The normalized spacial score (nSPS) is 11.4. The SMILES string of the molecule is CC(C)Oc1ccc(C(=O)NCC(F)(F)F)cc1. The van der Waals surface area contributed by atoms with E-state index in [1.54, 1.807) is 17.4 Å². The van der Waals surface area contributed by atoms with Crippen LogP contribution in [0.5, 0.6) is 5.75 Å². The molecule has 1 N–H and O–H groups in total. The summed E-state index contributed by atoms with van der Waals surface area (Å²) in [5.74, 6) is -0.194. The fourth-order valence-electron chi connectivity index (χ4n) is 1.24. The standard InChI is InChI=1S/C12H14F3NO2/c1-8(2)18-10-5-3-9(4-6-10)11(17)16-7-12(13,14)15/h3-6,8H,7H2,1-2H3,(H,16,17). The van der Waals surface area contributed by atoms with Gasteiger partial charge in [-0.2, -0.15) is 13.2 Å². The highest BCUT2D eigenvalue weighted by Gasteiger charge is 2.27. The van der Waals surface area contributed by atoms with E-state index in [4.69, 9.17) is 4.74 Å². The second-order valence-electron chi connectivity index (χ2n) is 3.99. The van der Waals surface area contributed by atoms with Crippen LogP contribution in [-0.4, -0.2) is 24.7 Å². The number of hydrogen-bond donors (Lipinski definition) is 1. The zero-order valence-electron chi connectivity index (χ0n) is 10.0. The van der Waals surface area contributed by atoms with Gasteiger partial charge in [-0.1, -0.05) is 0 Å². The zero-order chi connectivity index (χ0) is 13.8. The topological polar surface area (TPSA) is 38.3 Å². The van der Waals surface area contributed by atoms with Crippen molar-refractivity contribution in [3.8, 4) is 5.75 Å². The number of halogens is 3. The minimum atomic E-state index is -4.41. The Morgan fingerprint density at radius 1 is 1.28 bits per heavy atom. The van der Waals surface area contributed by atoms with Crippen LogP contribution in [0, 0.1) is 0 Å².